The second-order valence-electron chi connectivity index (χ2n) is 7.08. The number of hydrogen-bond acceptors (Lipinski definition) is 7. The van der Waals surface area contributed by atoms with Gasteiger partial charge in [0.25, 0.3) is 5.69 Å². The van der Waals surface area contributed by atoms with Crippen molar-refractivity contribution in [3.8, 4) is 5.75 Å². The number of carbonyl (C=O) groups excluding carboxylic acids is 1. The van der Waals surface area contributed by atoms with Gasteiger partial charge in [-0.3, -0.25) is 19.5 Å². The molecular weight excluding hydrogens is 440 g/mol. The minimum absolute atomic E-state index is 0.0701. The molecule has 0 bridgehead atoms. The van der Waals surface area contributed by atoms with E-state index in [1.54, 1.807) is 12.1 Å². The first kappa shape index (κ1) is 22.2. The molecule has 0 aliphatic heterocycles. The highest BCUT2D eigenvalue weighted by molar-refractivity contribution is 7.99. The molecule has 0 N–H and O–H groups in total. The van der Waals surface area contributed by atoms with Gasteiger partial charge in [-0.1, -0.05) is 66.4 Å². The first-order valence-electron chi connectivity index (χ1n) is 10.1. The molecule has 0 aliphatic carbocycles. The van der Waals surface area contributed by atoms with Crippen molar-refractivity contribution in [1.82, 2.24) is 14.8 Å². The first-order valence-corrected chi connectivity index (χ1v) is 11.1. The summed E-state index contributed by atoms with van der Waals surface area (Å²) in [6, 6.07) is 19.5. The van der Waals surface area contributed by atoms with Crippen LogP contribution >= 0.6 is 11.8 Å². The monoisotopic (exact) mass is 460 g/mol. The summed E-state index contributed by atoms with van der Waals surface area (Å²) in [5.41, 5.74) is 0.166. The summed E-state index contributed by atoms with van der Waals surface area (Å²) < 4.78 is 7.88. The minimum Gasteiger partial charge on any atom is -0.485 e. The predicted molar refractivity (Wildman–Crippen MR) is 127 cm³/mol. The molecule has 0 unspecified atom stereocenters. The molecule has 4 rings (SSSR count). The topological polar surface area (TPSA) is 100 Å². The van der Waals surface area contributed by atoms with Crippen LogP contribution in [-0.2, 0) is 13.2 Å². The van der Waals surface area contributed by atoms with Gasteiger partial charge in [0.1, 0.15) is 12.4 Å². The molecule has 0 fully saturated rings. The molecule has 0 radical (unpaired) electrons. The lowest BCUT2D eigenvalue weighted by molar-refractivity contribution is -0.384. The van der Waals surface area contributed by atoms with Crippen molar-refractivity contribution in [3.05, 3.63) is 101 Å². The highest BCUT2D eigenvalue weighted by atomic mass is 32.2. The average Bonchev–Trinajstić information content (AvgIpc) is 3.22. The molecule has 0 amide bonds. The molecule has 1 aromatic heterocycles. The number of thioether (sulfide) groups is 1. The Balaban J connectivity index is 1.47. The number of benzene rings is 3. The normalized spacial score (nSPS) is 10.8. The number of fused-ring (bicyclic) bond motifs is 1. The molecule has 9 heteroatoms. The van der Waals surface area contributed by atoms with Crippen LogP contribution in [-0.4, -0.2) is 31.2 Å². The summed E-state index contributed by atoms with van der Waals surface area (Å²) >= 11 is 1.22. The lowest BCUT2D eigenvalue weighted by Crippen LogP contribution is -2.09. The molecule has 0 spiro atoms. The smallest absolute Gasteiger partial charge is 0.270 e. The maximum absolute atomic E-state index is 12.6. The predicted octanol–water partition coefficient (Wildman–Crippen LogP) is 5.08. The van der Waals surface area contributed by atoms with Crippen molar-refractivity contribution in [2.45, 2.75) is 18.3 Å². The molecule has 3 aromatic carbocycles. The first-order chi connectivity index (χ1) is 16.1. The second-order valence-corrected chi connectivity index (χ2v) is 8.03. The van der Waals surface area contributed by atoms with E-state index in [0.29, 0.717) is 17.5 Å². The van der Waals surface area contributed by atoms with Gasteiger partial charge >= 0.3 is 0 Å². The van der Waals surface area contributed by atoms with Crippen molar-refractivity contribution in [1.29, 1.82) is 0 Å². The van der Waals surface area contributed by atoms with E-state index in [4.69, 9.17) is 4.74 Å². The van der Waals surface area contributed by atoms with E-state index in [1.807, 2.05) is 47.0 Å². The maximum Gasteiger partial charge on any atom is 0.270 e. The van der Waals surface area contributed by atoms with E-state index in [1.165, 1.54) is 30.0 Å². The summed E-state index contributed by atoms with van der Waals surface area (Å²) in [5.74, 6) is 1.19. The van der Waals surface area contributed by atoms with Crippen LogP contribution in [0.1, 0.15) is 16.2 Å². The Hall–Kier alpha value is -3.98. The van der Waals surface area contributed by atoms with E-state index < -0.39 is 4.92 Å². The standard InChI is InChI=1S/C24H20N4O4S/c1-2-13-27-23(15-32-22-12-6-8-17-7-3-4-11-20(17)22)25-26-24(27)33-16-21(29)18-9-5-10-19(14-18)28(30)31/h2-12,14H,1,13,15-16H2. The van der Waals surface area contributed by atoms with Gasteiger partial charge in [0.05, 0.1) is 10.7 Å². The Morgan fingerprint density at radius 3 is 2.73 bits per heavy atom. The number of rotatable bonds is 10. The van der Waals surface area contributed by atoms with Gasteiger partial charge in [-0.15, -0.1) is 16.8 Å². The number of hydrogen-bond donors (Lipinski definition) is 0. The number of aromatic nitrogens is 3. The number of nitro groups is 1. The van der Waals surface area contributed by atoms with Crippen LogP contribution in [0.3, 0.4) is 0 Å². The van der Waals surface area contributed by atoms with Crippen LogP contribution in [0.5, 0.6) is 5.75 Å². The number of ketones is 1. The summed E-state index contributed by atoms with van der Waals surface area (Å²) in [7, 11) is 0. The van der Waals surface area contributed by atoms with Crippen LogP contribution < -0.4 is 4.74 Å². The van der Waals surface area contributed by atoms with E-state index in [9.17, 15) is 14.9 Å². The summed E-state index contributed by atoms with van der Waals surface area (Å²) in [5, 5.41) is 22.0. The molecule has 1 heterocycles. The second kappa shape index (κ2) is 10.1. The summed E-state index contributed by atoms with van der Waals surface area (Å²) in [6.07, 6.45) is 1.72. The van der Waals surface area contributed by atoms with Gasteiger partial charge in [-0.05, 0) is 11.5 Å². The average molecular weight is 461 g/mol. The number of ether oxygens (including phenoxy) is 1. The highest BCUT2D eigenvalue weighted by Crippen LogP contribution is 2.26. The third kappa shape index (κ3) is 5.09. The molecule has 0 aliphatic rings. The zero-order chi connectivity index (χ0) is 23.2. The van der Waals surface area contributed by atoms with Gasteiger partial charge in [0.15, 0.2) is 16.8 Å². The molecule has 166 valence electrons. The molecule has 0 saturated carbocycles. The minimum atomic E-state index is -0.521. The fourth-order valence-electron chi connectivity index (χ4n) is 3.32. The number of allylic oxidation sites excluding steroid dienone is 1. The maximum atomic E-state index is 12.6. The van der Waals surface area contributed by atoms with E-state index in [0.717, 1.165) is 16.5 Å². The third-order valence-corrected chi connectivity index (χ3v) is 5.89. The molecule has 0 atom stereocenters. The Kier molecular flexibility index (Phi) is 6.80. The van der Waals surface area contributed by atoms with Gasteiger partial charge in [-0.2, -0.15) is 0 Å². The van der Waals surface area contributed by atoms with E-state index >= 15 is 0 Å². The number of non-ortho nitro benzene ring substituents is 1. The van der Waals surface area contributed by atoms with E-state index in [2.05, 4.69) is 16.8 Å². The Morgan fingerprint density at radius 2 is 1.91 bits per heavy atom. The lowest BCUT2D eigenvalue weighted by Gasteiger charge is -2.11. The molecule has 33 heavy (non-hydrogen) atoms. The van der Waals surface area contributed by atoms with Gasteiger partial charge in [0.2, 0.25) is 0 Å². The Labute approximate surface area is 194 Å². The van der Waals surface area contributed by atoms with Crippen molar-refractivity contribution in [2.75, 3.05) is 5.75 Å². The summed E-state index contributed by atoms with van der Waals surface area (Å²) in [6.45, 7) is 4.44. The van der Waals surface area contributed by atoms with Crippen molar-refractivity contribution in [3.63, 3.8) is 0 Å². The fraction of sp³-hybridized carbons (Fsp3) is 0.125. The number of nitro benzene ring substituents is 1. The quantitative estimate of drug-likeness (QED) is 0.107. The van der Waals surface area contributed by atoms with Gasteiger partial charge in [0, 0.05) is 29.6 Å². The van der Waals surface area contributed by atoms with Crippen LogP contribution in [0.15, 0.2) is 84.5 Å². The van der Waals surface area contributed by atoms with Crippen LogP contribution in [0.2, 0.25) is 0 Å². The van der Waals surface area contributed by atoms with Crippen LogP contribution in [0, 0.1) is 10.1 Å². The van der Waals surface area contributed by atoms with Crippen molar-refractivity contribution in [2.24, 2.45) is 0 Å². The number of carbonyl (C=O) groups is 1. The Morgan fingerprint density at radius 1 is 1.12 bits per heavy atom. The molecule has 8 nitrogen and oxygen atoms in total. The zero-order valence-corrected chi connectivity index (χ0v) is 18.4. The van der Waals surface area contributed by atoms with Crippen molar-refractivity contribution < 1.29 is 14.5 Å². The molecule has 4 aromatic rings. The SMILES string of the molecule is C=CCn1c(COc2cccc3ccccc23)nnc1SCC(=O)c1cccc([N+](=O)[O-])c1. The zero-order valence-electron chi connectivity index (χ0n) is 17.6. The number of nitrogens with zero attached hydrogens (tertiary/aromatic N) is 4. The molecule has 0 saturated heterocycles. The molecular formula is C24H20N4O4S. The largest absolute Gasteiger partial charge is 0.485 e. The summed E-state index contributed by atoms with van der Waals surface area (Å²) in [4.78, 5) is 23.0. The van der Waals surface area contributed by atoms with Crippen LogP contribution in [0.25, 0.3) is 10.8 Å². The number of Topliss-reactive ketones (excluding diaryl/α,β-unsaturated/α-hetero) is 1. The van der Waals surface area contributed by atoms with E-state index in [-0.39, 0.29) is 29.4 Å². The lowest BCUT2D eigenvalue weighted by atomic mass is 10.1. The third-order valence-electron chi connectivity index (χ3n) is 4.92. The fourth-order valence-corrected chi connectivity index (χ4v) is 4.18. The Bertz CT molecular complexity index is 1330. The van der Waals surface area contributed by atoms with Gasteiger partial charge < -0.3 is 4.74 Å². The van der Waals surface area contributed by atoms with Crippen LogP contribution in [0.4, 0.5) is 5.69 Å². The van der Waals surface area contributed by atoms with Gasteiger partial charge in [-0.25, -0.2) is 0 Å². The highest BCUT2D eigenvalue weighted by Gasteiger charge is 2.17. The van der Waals surface area contributed by atoms with Crippen molar-refractivity contribution >= 4 is 34.0 Å².